The Morgan fingerprint density at radius 2 is 2.12 bits per heavy atom. The summed E-state index contributed by atoms with van der Waals surface area (Å²) in [5, 5.41) is 14.5. The Bertz CT molecular complexity index is 821. The summed E-state index contributed by atoms with van der Waals surface area (Å²) < 4.78 is 54.0. The molecule has 142 valence electrons. The van der Waals surface area contributed by atoms with Gasteiger partial charge >= 0.3 is 6.18 Å². The third-order valence-corrected chi connectivity index (χ3v) is 4.86. The van der Waals surface area contributed by atoms with Gasteiger partial charge in [-0.2, -0.15) is 13.2 Å². The van der Waals surface area contributed by atoms with Crippen LogP contribution in [0.3, 0.4) is 0 Å². The zero-order valence-electron chi connectivity index (χ0n) is 14.3. The van der Waals surface area contributed by atoms with E-state index in [1.165, 1.54) is 10.8 Å². The molecule has 0 radical (unpaired) electrons. The topological polar surface area (TPSA) is 74.3 Å². The Hall–Kier alpha value is -2.07. The first kappa shape index (κ1) is 17.3. The van der Waals surface area contributed by atoms with Crippen molar-refractivity contribution in [3.63, 3.8) is 0 Å². The SMILES string of the molecule is C[C@H]1Cn2nc(O[C@@H]3CCOC3)cc2-c2cnc([C@@](C)(O)C(F)(F)F)n21. The van der Waals surface area contributed by atoms with E-state index in [1.54, 1.807) is 17.7 Å². The predicted octanol–water partition coefficient (Wildman–Crippen LogP) is 2.26. The lowest BCUT2D eigenvalue weighted by Crippen LogP contribution is -2.42. The quantitative estimate of drug-likeness (QED) is 0.895. The Morgan fingerprint density at radius 1 is 1.35 bits per heavy atom. The van der Waals surface area contributed by atoms with Gasteiger partial charge in [0.15, 0.2) is 5.82 Å². The number of hydrogen-bond acceptors (Lipinski definition) is 5. The van der Waals surface area contributed by atoms with Gasteiger partial charge in [-0.3, -0.25) is 4.68 Å². The van der Waals surface area contributed by atoms with E-state index >= 15 is 0 Å². The standard InChI is InChI=1S/C16H19F3N4O3/c1-9-7-22-11(5-13(21-22)26-10-3-4-25-8-10)12-6-20-14(23(9)12)15(2,24)16(17,18)19/h5-6,9-10,24H,3-4,7-8H2,1-2H3/t9-,10+,15+/m0/s1. The van der Waals surface area contributed by atoms with Gasteiger partial charge in [0.1, 0.15) is 6.10 Å². The van der Waals surface area contributed by atoms with E-state index < -0.39 is 17.6 Å². The van der Waals surface area contributed by atoms with Crippen molar-refractivity contribution in [1.82, 2.24) is 19.3 Å². The first-order valence-electron chi connectivity index (χ1n) is 8.38. The molecular weight excluding hydrogens is 353 g/mol. The molecule has 1 saturated heterocycles. The van der Waals surface area contributed by atoms with Crippen molar-refractivity contribution in [3.05, 3.63) is 18.1 Å². The molecule has 0 amide bonds. The molecule has 7 nitrogen and oxygen atoms in total. The number of ether oxygens (including phenoxy) is 2. The fraction of sp³-hybridized carbons (Fsp3) is 0.625. The zero-order chi connectivity index (χ0) is 18.7. The van der Waals surface area contributed by atoms with Crippen molar-refractivity contribution in [2.45, 2.75) is 50.7 Å². The van der Waals surface area contributed by atoms with Gasteiger partial charge in [0.05, 0.1) is 43.4 Å². The summed E-state index contributed by atoms with van der Waals surface area (Å²) in [5.41, 5.74) is -1.97. The van der Waals surface area contributed by atoms with Gasteiger partial charge in [0, 0.05) is 12.5 Å². The molecule has 4 heterocycles. The van der Waals surface area contributed by atoms with E-state index in [0.29, 0.717) is 37.0 Å². The van der Waals surface area contributed by atoms with E-state index in [2.05, 4.69) is 10.1 Å². The van der Waals surface area contributed by atoms with Crippen LogP contribution < -0.4 is 4.74 Å². The van der Waals surface area contributed by atoms with Crippen molar-refractivity contribution in [2.24, 2.45) is 0 Å². The Balaban J connectivity index is 1.72. The molecule has 0 aliphatic carbocycles. The van der Waals surface area contributed by atoms with Crippen molar-refractivity contribution in [2.75, 3.05) is 13.2 Å². The molecule has 0 unspecified atom stereocenters. The largest absolute Gasteiger partial charge is 0.471 e. The highest BCUT2D eigenvalue weighted by molar-refractivity contribution is 5.58. The zero-order valence-corrected chi connectivity index (χ0v) is 14.3. The minimum atomic E-state index is -4.83. The molecule has 3 atom stereocenters. The van der Waals surface area contributed by atoms with Gasteiger partial charge in [-0.15, -0.1) is 5.10 Å². The average molecular weight is 372 g/mol. The lowest BCUT2D eigenvalue weighted by molar-refractivity contribution is -0.262. The van der Waals surface area contributed by atoms with Gasteiger partial charge in [-0.1, -0.05) is 0 Å². The lowest BCUT2D eigenvalue weighted by atomic mass is 10.0. The smallest absolute Gasteiger partial charge is 0.424 e. The van der Waals surface area contributed by atoms with E-state index in [4.69, 9.17) is 9.47 Å². The van der Waals surface area contributed by atoms with Crippen LogP contribution in [0.15, 0.2) is 12.3 Å². The number of nitrogens with zero attached hydrogens (tertiary/aromatic N) is 4. The van der Waals surface area contributed by atoms with Crippen molar-refractivity contribution in [3.8, 4) is 17.3 Å². The maximum absolute atomic E-state index is 13.3. The van der Waals surface area contributed by atoms with Gasteiger partial charge in [-0.25, -0.2) is 4.98 Å². The molecule has 0 spiro atoms. The van der Waals surface area contributed by atoms with Crippen LogP contribution in [0.25, 0.3) is 11.4 Å². The second kappa shape index (κ2) is 5.71. The molecule has 26 heavy (non-hydrogen) atoms. The van der Waals surface area contributed by atoms with Crippen LogP contribution in [0, 0.1) is 0 Å². The van der Waals surface area contributed by atoms with Crippen LogP contribution in [-0.4, -0.2) is 49.9 Å². The molecular formula is C16H19F3N4O3. The highest BCUT2D eigenvalue weighted by atomic mass is 19.4. The molecule has 0 aromatic carbocycles. The number of rotatable bonds is 3. The third-order valence-electron chi connectivity index (χ3n) is 4.86. The maximum Gasteiger partial charge on any atom is 0.424 e. The van der Waals surface area contributed by atoms with Crippen LogP contribution in [0.1, 0.15) is 32.1 Å². The summed E-state index contributed by atoms with van der Waals surface area (Å²) in [6, 6.07) is 1.33. The van der Waals surface area contributed by atoms with Crippen LogP contribution in [-0.2, 0) is 16.9 Å². The molecule has 10 heteroatoms. The molecule has 2 aliphatic rings. The first-order chi connectivity index (χ1) is 12.2. The predicted molar refractivity (Wildman–Crippen MR) is 83.6 cm³/mol. The number of alkyl halides is 3. The highest BCUT2D eigenvalue weighted by Gasteiger charge is 2.55. The Kier molecular flexibility index (Phi) is 3.81. The molecule has 4 rings (SSSR count). The fourth-order valence-electron chi connectivity index (χ4n) is 3.39. The molecule has 0 bridgehead atoms. The van der Waals surface area contributed by atoms with Crippen molar-refractivity contribution < 1.29 is 27.8 Å². The van der Waals surface area contributed by atoms with Gasteiger partial charge in [0.25, 0.3) is 0 Å². The minimum Gasteiger partial charge on any atom is -0.471 e. The summed E-state index contributed by atoms with van der Waals surface area (Å²) in [4.78, 5) is 3.89. The summed E-state index contributed by atoms with van der Waals surface area (Å²) in [6.07, 6.45) is -2.80. The molecule has 2 aromatic heterocycles. The molecule has 1 N–H and O–H groups in total. The maximum atomic E-state index is 13.3. The van der Waals surface area contributed by atoms with Crippen molar-refractivity contribution in [1.29, 1.82) is 0 Å². The summed E-state index contributed by atoms with van der Waals surface area (Å²) in [6.45, 7) is 3.96. The highest BCUT2D eigenvalue weighted by Crippen LogP contribution is 2.42. The Morgan fingerprint density at radius 3 is 2.77 bits per heavy atom. The first-order valence-corrected chi connectivity index (χ1v) is 8.38. The van der Waals surface area contributed by atoms with E-state index in [-0.39, 0.29) is 12.1 Å². The third kappa shape index (κ3) is 2.59. The molecule has 1 fully saturated rings. The number of halogens is 3. The second-order valence-corrected chi connectivity index (χ2v) is 6.91. The summed E-state index contributed by atoms with van der Waals surface area (Å²) in [7, 11) is 0. The monoisotopic (exact) mass is 372 g/mol. The van der Waals surface area contributed by atoms with E-state index in [9.17, 15) is 18.3 Å². The molecule has 2 aliphatic heterocycles. The minimum absolute atomic E-state index is 0.0733. The van der Waals surface area contributed by atoms with Gasteiger partial charge in [0.2, 0.25) is 11.5 Å². The molecule has 2 aromatic rings. The number of aromatic nitrogens is 4. The van der Waals surface area contributed by atoms with Crippen LogP contribution in [0.4, 0.5) is 13.2 Å². The Labute approximate surface area is 147 Å². The fourth-order valence-corrected chi connectivity index (χ4v) is 3.39. The van der Waals surface area contributed by atoms with Gasteiger partial charge in [-0.05, 0) is 13.8 Å². The van der Waals surface area contributed by atoms with Crippen LogP contribution in [0.5, 0.6) is 5.88 Å². The van der Waals surface area contributed by atoms with Crippen LogP contribution in [0.2, 0.25) is 0 Å². The van der Waals surface area contributed by atoms with E-state index in [0.717, 1.165) is 13.3 Å². The normalized spacial score (nSPS) is 24.8. The molecule has 0 saturated carbocycles. The number of fused-ring (bicyclic) bond motifs is 3. The summed E-state index contributed by atoms with van der Waals surface area (Å²) in [5.74, 6) is -0.0203. The van der Waals surface area contributed by atoms with Gasteiger partial charge < -0.3 is 19.1 Å². The van der Waals surface area contributed by atoms with Crippen LogP contribution >= 0.6 is 0 Å². The number of aliphatic hydroxyl groups is 1. The second-order valence-electron chi connectivity index (χ2n) is 6.91. The van der Waals surface area contributed by atoms with Crippen molar-refractivity contribution >= 4 is 0 Å². The lowest BCUT2D eigenvalue weighted by Gasteiger charge is -2.31. The number of hydrogen-bond donors (Lipinski definition) is 1. The number of imidazole rings is 1. The average Bonchev–Trinajstić information content (AvgIpc) is 3.24. The summed E-state index contributed by atoms with van der Waals surface area (Å²) >= 11 is 0. The van der Waals surface area contributed by atoms with E-state index in [1.807, 2.05) is 0 Å².